The Kier molecular flexibility index (Phi) is 2.52. The van der Waals surface area contributed by atoms with Crippen LogP contribution in [-0.4, -0.2) is 15.6 Å². The Hall–Kier alpha value is -1.32. The van der Waals surface area contributed by atoms with E-state index in [0.29, 0.717) is 11.9 Å². The van der Waals surface area contributed by atoms with Crippen molar-refractivity contribution in [1.29, 1.82) is 0 Å². The van der Waals surface area contributed by atoms with Crippen molar-refractivity contribution in [2.24, 2.45) is 7.05 Å². The predicted octanol–water partition coefficient (Wildman–Crippen LogP) is 1.13. The molecule has 1 fully saturated rings. The van der Waals surface area contributed by atoms with Gasteiger partial charge in [0.25, 0.3) is 5.56 Å². The standard InChI is InChI=1S/C10H15N3O/c1-13-7-6-11-9(10(13)14)12-8-4-2-3-5-8/h6-8H,2-5H2,1H3,(H,11,12). The van der Waals surface area contributed by atoms with Crippen molar-refractivity contribution in [2.45, 2.75) is 31.7 Å². The van der Waals surface area contributed by atoms with Crippen molar-refractivity contribution in [2.75, 3.05) is 5.32 Å². The number of anilines is 1. The highest BCUT2D eigenvalue weighted by Crippen LogP contribution is 2.19. The van der Waals surface area contributed by atoms with Gasteiger partial charge in [-0.25, -0.2) is 4.98 Å². The summed E-state index contributed by atoms with van der Waals surface area (Å²) in [5, 5.41) is 3.21. The Labute approximate surface area is 83.0 Å². The lowest BCUT2D eigenvalue weighted by Gasteiger charge is -2.11. The highest BCUT2D eigenvalue weighted by molar-refractivity contribution is 5.32. The largest absolute Gasteiger partial charge is 0.363 e. The minimum Gasteiger partial charge on any atom is -0.363 e. The summed E-state index contributed by atoms with van der Waals surface area (Å²) in [7, 11) is 1.74. The fourth-order valence-electron chi connectivity index (χ4n) is 1.86. The fourth-order valence-corrected chi connectivity index (χ4v) is 1.86. The van der Waals surface area contributed by atoms with Crippen LogP contribution in [0.15, 0.2) is 17.2 Å². The molecule has 0 radical (unpaired) electrons. The number of hydrogen-bond acceptors (Lipinski definition) is 3. The second-order valence-corrected chi connectivity index (χ2v) is 3.82. The van der Waals surface area contributed by atoms with Crippen LogP contribution in [0.25, 0.3) is 0 Å². The van der Waals surface area contributed by atoms with E-state index >= 15 is 0 Å². The molecule has 1 aromatic rings. The zero-order valence-corrected chi connectivity index (χ0v) is 8.36. The van der Waals surface area contributed by atoms with Crippen LogP contribution in [0.2, 0.25) is 0 Å². The third-order valence-electron chi connectivity index (χ3n) is 2.71. The van der Waals surface area contributed by atoms with Crippen LogP contribution >= 0.6 is 0 Å². The van der Waals surface area contributed by atoms with Crippen molar-refractivity contribution >= 4 is 5.82 Å². The molecule has 0 aliphatic heterocycles. The van der Waals surface area contributed by atoms with Crippen LogP contribution in [0, 0.1) is 0 Å². The molecule has 0 aromatic carbocycles. The summed E-state index contributed by atoms with van der Waals surface area (Å²) < 4.78 is 1.55. The molecular formula is C10H15N3O. The summed E-state index contributed by atoms with van der Waals surface area (Å²) in [6.45, 7) is 0. The Morgan fingerprint density at radius 1 is 1.50 bits per heavy atom. The van der Waals surface area contributed by atoms with Gasteiger partial charge in [-0.05, 0) is 12.8 Å². The monoisotopic (exact) mass is 193 g/mol. The predicted molar refractivity (Wildman–Crippen MR) is 55.4 cm³/mol. The van der Waals surface area contributed by atoms with Gasteiger partial charge in [0.05, 0.1) is 0 Å². The van der Waals surface area contributed by atoms with E-state index in [1.807, 2.05) is 0 Å². The molecule has 4 heteroatoms. The maximum atomic E-state index is 11.6. The molecule has 0 atom stereocenters. The summed E-state index contributed by atoms with van der Waals surface area (Å²) in [6.07, 6.45) is 8.13. The Morgan fingerprint density at radius 2 is 2.21 bits per heavy atom. The van der Waals surface area contributed by atoms with Gasteiger partial charge >= 0.3 is 0 Å². The van der Waals surface area contributed by atoms with E-state index in [1.165, 1.54) is 12.8 Å². The summed E-state index contributed by atoms with van der Waals surface area (Å²) in [6, 6.07) is 0.442. The molecule has 1 N–H and O–H groups in total. The second-order valence-electron chi connectivity index (χ2n) is 3.82. The minimum absolute atomic E-state index is 0.0422. The molecule has 0 spiro atoms. The molecule has 1 aliphatic rings. The van der Waals surface area contributed by atoms with Crippen LogP contribution in [0.5, 0.6) is 0 Å². The molecule has 1 aromatic heterocycles. The van der Waals surface area contributed by atoms with Crippen LogP contribution in [-0.2, 0) is 7.05 Å². The van der Waals surface area contributed by atoms with Crippen molar-refractivity contribution in [3.05, 3.63) is 22.7 Å². The third kappa shape index (κ3) is 1.78. The van der Waals surface area contributed by atoms with Crippen molar-refractivity contribution < 1.29 is 0 Å². The molecule has 14 heavy (non-hydrogen) atoms. The fraction of sp³-hybridized carbons (Fsp3) is 0.600. The maximum absolute atomic E-state index is 11.6. The number of hydrogen-bond donors (Lipinski definition) is 1. The van der Waals surface area contributed by atoms with Gasteiger partial charge < -0.3 is 9.88 Å². The first-order valence-corrected chi connectivity index (χ1v) is 5.05. The summed E-state index contributed by atoms with van der Waals surface area (Å²) in [5.41, 5.74) is -0.0422. The van der Waals surface area contributed by atoms with Gasteiger partial charge in [-0.3, -0.25) is 4.79 Å². The number of rotatable bonds is 2. The third-order valence-corrected chi connectivity index (χ3v) is 2.71. The number of nitrogens with zero attached hydrogens (tertiary/aromatic N) is 2. The van der Waals surface area contributed by atoms with E-state index in [2.05, 4.69) is 10.3 Å². The van der Waals surface area contributed by atoms with Crippen LogP contribution in [0.3, 0.4) is 0 Å². The normalized spacial score (nSPS) is 17.2. The number of nitrogens with one attached hydrogen (secondary N) is 1. The van der Waals surface area contributed by atoms with Crippen LogP contribution in [0.1, 0.15) is 25.7 Å². The first-order chi connectivity index (χ1) is 6.77. The van der Waals surface area contributed by atoms with Crippen LogP contribution < -0.4 is 10.9 Å². The van der Waals surface area contributed by atoms with E-state index in [0.717, 1.165) is 12.8 Å². The quantitative estimate of drug-likeness (QED) is 0.766. The highest BCUT2D eigenvalue weighted by atomic mass is 16.1. The molecule has 4 nitrogen and oxygen atoms in total. The summed E-state index contributed by atoms with van der Waals surface area (Å²) >= 11 is 0. The lowest BCUT2D eigenvalue weighted by Crippen LogP contribution is -2.26. The molecule has 76 valence electrons. The number of aryl methyl sites for hydroxylation is 1. The van der Waals surface area contributed by atoms with Gasteiger partial charge in [0, 0.05) is 25.5 Å². The smallest absolute Gasteiger partial charge is 0.293 e. The van der Waals surface area contributed by atoms with Gasteiger partial charge in [-0.1, -0.05) is 12.8 Å². The minimum atomic E-state index is -0.0422. The summed E-state index contributed by atoms with van der Waals surface area (Å²) in [5.74, 6) is 0.488. The summed E-state index contributed by atoms with van der Waals surface area (Å²) in [4.78, 5) is 15.7. The molecule has 1 saturated carbocycles. The first kappa shape index (κ1) is 9.24. The Balaban J connectivity index is 2.16. The second kappa shape index (κ2) is 3.82. The Morgan fingerprint density at radius 3 is 2.93 bits per heavy atom. The van der Waals surface area contributed by atoms with Crippen molar-refractivity contribution in [3.63, 3.8) is 0 Å². The molecule has 0 saturated heterocycles. The van der Waals surface area contributed by atoms with Gasteiger partial charge in [0.15, 0.2) is 5.82 Å². The van der Waals surface area contributed by atoms with E-state index in [1.54, 1.807) is 24.0 Å². The Bertz CT molecular complexity index is 366. The molecule has 0 amide bonds. The van der Waals surface area contributed by atoms with Crippen LogP contribution in [0.4, 0.5) is 5.82 Å². The highest BCUT2D eigenvalue weighted by Gasteiger charge is 2.16. The molecule has 0 bridgehead atoms. The molecule has 1 heterocycles. The van der Waals surface area contributed by atoms with Gasteiger partial charge in [-0.15, -0.1) is 0 Å². The SMILES string of the molecule is Cn1ccnc(NC2CCCC2)c1=O. The van der Waals surface area contributed by atoms with Gasteiger partial charge in [-0.2, -0.15) is 0 Å². The van der Waals surface area contributed by atoms with E-state index in [-0.39, 0.29) is 5.56 Å². The molecule has 1 aliphatic carbocycles. The number of aromatic nitrogens is 2. The van der Waals surface area contributed by atoms with Gasteiger partial charge in [0.2, 0.25) is 0 Å². The topological polar surface area (TPSA) is 46.9 Å². The van der Waals surface area contributed by atoms with E-state index < -0.39 is 0 Å². The van der Waals surface area contributed by atoms with Crippen molar-refractivity contribution in [3.8, 4) is 0 Å². The zero-order chi connectivity index (χ0) is 9.97. The van der Waals surface area contributed by atoms with Gasteiger partial charge in [0.1, 0.15) is 0 Å². The van der Waals surface area contributed by atoms with E-state index in [9.17, 15) is 4.79 Å². The molecule has 2 rings (SSSR count). The molecular weight excluding hydrogens is 178 g/mol. The molecule has 0 unspecified atom stereocenters. The first-order valence-electron chi connectivity index (χ1n) is 5.05. The lowest BCUT2D eigenvalue weighted by atomic mass is 10.2. The average molecular weight is 193 g/mol. The maximum Gasteiger partial charge on any atom is 0.293 e. The van der Waals surface area contributed by atoms with Crippen molar-refractivity contribution in [1.82, 2.24) is 9.55 Å². The average Bonchev–Trinajstić information content (AvgIpc) is 2.66. The zero-order valence-electron chi connectivity index (χ0n) is 8.36. The van der Waals surface area contributed by atoms with E-state index in [4.69, 9.17) is 0 Å². The lowest BCUT2D eigenvalue weighted by molar-refractivity contribution is 0.738.